The van der Waals surface area contributed by atoms with Gasteiger partial charge in [0.2, 0.25) is 23.6 Å². The molecule has 0 saturated carbocycles. The zero-order valence-electron chi connectivity index (χ0n) is 64.7. The second-order valence-corrected chi connectivity index (χ2v) is 30.5. The molecule has 10 heterocycles. The normalized spacial score (nSPS) is 49.6. The number of hydrogen-bond acceptors (Lipinski definition) is 49. The highest BCUT2D eigenvalue weighted by atomic mass is 16.8. The van der Waals surface area contributed by atoms with E-state index in [-0.39, 0.29) is 0 Å². The minimum atomic E-state index is -2.60. The van der Waals surface area contributed by atoms with Crippen molar-refractivity contribution < 1.29 is 242 Å². The van der Waals surface area contributed by atoms with Crippen molar-refractivity contribution in [2.45, 2.75) is 335 Å². The van der Waals surface area contributed by atoms with Gasteiger partial charge in [-0.3, -0.25) is 19.2 Å². The number of carbonyl (C=O) groups is 4. The zero-order chi connectivity index (χ0) is 88.2. The van der Waals surface area contributed by atoms with Crippen molar-refractivity contribution >= 4 is 23.6 Å². The predicted molar refractivity (Wildman–Crippen MR) is 369 cm³/mol. The van der Waals surface area contributed by atoms with Crippen LogP contribution in [0.15, 0.2) is 0 Å². The van der Waals surface area contributed by atoms with Gasteiger partial charge in [0, 0.05) is 27.7 Å². The van der Waals surface area contributed by atoms with E-state index in [2.05, 4.69) is 21.3 Å². The Hall–Kier alpha value is -3.92. The first-order valence-electron chi connectivity index (χ1n) is 38.4. The summed E-state index contributed by atoms with van der Waals surface area (Å²) in [7, 11) is 0. The molecule has 0 aromatic heterocycles. The summed E-state index contributed by atoms with van der Waals surface area (Å²) in [6.07, 6.45) is -95.6. The quantitative estimate of drug-likeness (QED) is 0.0306. The number of hydrogen-bond donors (Lipinski definition) is 30. The summed E-state index contributed by atoms with van der Waals surface area (Å²) in [4.78, 5) is 52.1. The van der Waals surface area contributed by atoms with E-state index < -0.39 is 384 Å². The number of ether oxygens (including phenoxy) is 19. The molecule has 10 aliphatic heterocycles. The molecule has 0 spiro atoms. The number of rotatable bonds is 31. The summed E-state index contributed by atoms with van der Waals surface area (Å²) >= 11 is 0. The Labute approximate surface area is 679 Å². The third-order valence-corrected chi connectivity index (χ3v) is 22.1. The lowest BCUT2D eigenvalue weighted by Gasteiger charge is -2.52. The molecule has 10 aliphatic rings. The fourth-order valence-corrected chi connectivity index (χ4v) is 15.6. The summed E-state index contributed by atoms with van der Waals surface area (Å²) in [6, 6.07) is -7.69. The lowest BCUT2D eigenvalue weighted by molar-refractivity contribution is -0.408. The summed E-state index contributed by atoms with van der Waals surface area (Å²) in [5, 5.41) is 301. The van der Waals surface area contributed by atoms with Crippen LogP contribution >= 0.6 is 0 Å². The number of aliphatic hydroxyl groups is 26. The second kappa shape index (κ2) is 42.8. The second-order valence-electron chi connectivity index (χ2n) is 30.5. The molecule has 0 aromatic carbocycles. The van der Waals surface area contributed by atoms with Crippen LogP contribution in [0.5, 0.6) is 0 Å². The Morgan fingerprint density at radius 3 is 1.03 bits per heavy atom. The largest absolute Gasteiger partial charge is 0.394 e. The maximum Gasteiger partial charge on any atom is 0.217 e. The van der Waals surface area contributed by atoms with Crippen LogP contribution in [0.25, 0.3) is 0 Å². The Balaban J connectivity index is 1.07. The molecule has 4 amide bonds. The van der Waals surface area contributed by atoms with Gasteiger partial charge in [-0.2, -0.15) is 0 Å². The molecule has 30 N–H and O–H groups in total. The van der Waals surface area contributed by atoms with E-state index in [4.69, 9.17) is 90.0 Å². The Morgan fingerprint density at radius 2 is 0.533 bits per heavy atom. The van der Waals surface area contributed by atoms with E-state index in [1.54, 1.807) is 0 Å². The molecular weight excluding hydrogens is 1640 g/mol. The van der Waals surface area contributed by atoms with E-state index in [1.165, 1.54) is 6.92 Å². The molecule has 0 bridgehead atoms. The number of carbonyl (C=O) groups excluding carboxylic acids is 4. The van der Waals surface area contributed by atoms with Gasteiger partial charge < -0.3 is 244 Å². The predicted octanol–water partition coefficient (Wildman–Crippen LogP) is -20.6. The highest BCUT2D eigenvalue weighted by Crippen LogP contribution is 2.42. The molecule has 694 valence electrons. The SMILES string of the molecule is CC(=O)N[C@H]1[C@H](O[C@H]2[C@H](O[C@@H]3O[C@@H](C)[C@@H](O)[C@@H](O)[C@@H]3O)[C@@H](NC(C)=O)C(O)O[C@@H]2CO)O[C@H](CO)[C@@H](O[C@@H]2O[C@H](CO[C@H]3O[C@H](CO)[C@@H](O)[C@H](O)[C@@H]3O[C@@H]3O[C@H](CO)[C@@H](O)[C@H](O)[C@H]3NC(C)=O)[C@@H](O)[C@H](O[C@H]3O[C@H](CO)[C@@H](O)[C@H](O)[C@@H]3O[C@@H]3O[C@H](CO)[C@@H](O)[C@H](O[C@@H]4O[C@H](CO)[C@H](O)[C@H](O)[C@H]4O)[C@H]3NC(C)=O)[C@@H]2O[C@@H]2O[C@H](CO)[C@H](O)[C@H]2O)[C@@H]1O. The van der Waals surface area contributed by atoms with Crippen LogP contribution in [-0.2, 0) is 109 Å². The third kappa shape index (κ3) is 21.4. The smallest absolute Gasteiger partial charge is 0.217 e. The van der Waals surface area contributed by atoms with E-state index >= 15 is 0 Å². The van der Waals surface area contributed by atoms with Crippen molar-refractivity contribution in [2.24, 2.45) is 0 Å². The highest BCUT2D eigenvalue weighted by molar-refractivity contribution is 5.74. The topological polar surface area (TPSA) is 818 Å². The van der Waals surface area contributed by atoms with Crippen LogP contribution in [0.3, 0.4) is 0 Å². The first-order valence-corrected chi connectivity index (χ1v) is 38.4. The minimum absolute atomic E-state index is 0.875. The van der Waals surface area contributed by atoms with Crippen molar-refractivity contribution in [1.29, 1.82) is 0 Å². The molecule has 0 aromatic rings. The molecule has 10 rings (SSSR count). The van der Waals surface area contributed by atoms with Crippen molar-refractivity contribution in [3.05, 3.63) is 0 Å². The lowest BCUT2D eigenvalue weighted by atomic mass is 9.93. The fourth-order valence-electron chi connectivity index (χ4n) is 15.6. The summed E-state index contributed by atoms with van der Waals surface area (Å²) in [5.41, 5.74) is 0. The van der Waals surface area contributed by atoms with Gasteiger partial charge in [-0.15, -0.1) is 0 Å². The standard InChI is InChI=1S/C67H112N4O49/c1-15-33(84)43(94)48(99)62(103-15)116-53-31(70-18(4)82)58(101)104-27(13-79)51(53)114-60-30(69-17(3)81)42(93)50(26(12-78)111-60)113-67-57(120-63-47(98)38(89)24(10-76)108-63)54(40(91)28(112-67)14-102-65-55(45(96)36(87)22(8-74)109-65)118-59-29(68-16(2)80)41(92)34(85)20(6-72)105-59)117-66-56(46(97)37(88)23(9-75)110-66)119-61-32(71-19(5)83)52(39(90)25(11-77)106-61)115-64-49(100)44(95)35(86)21(7-73)107-64/h15,20-67,72-79,84-101H,6-14H2,1-5H3,(H,68,80)(H,69,81)(H,70,82)(H,71,83)/t15-,20+,21+,22+,23+,24+,25+,26+,27+,28+,29+,30+,31+,32+,33+,34+,35-,36+,37+,38-,39+,40+,41+,42+,43+,44-,45-,46-,47+,48-,49+,50+,51+,52+,53+,54-,55-,56-,57-,58?,59-,60-,61-,62-,63-,64-,65-,66+,67-/m0/s1. The maximum atomic E-state index is 13.5. The molecule has 49 atom stereocenters. The Bertz CT molecular complexity index is 3230. The fraction of sp³-hybridized carbons (Fsp3) is 0.940. The van der Waals surface area contributed by atoms with Crippen molar-refractivity contribution in [3.63, 3.8) is 0 Å². The molecule has 53 nitrogen and oxygen atoms in total. The summed E-state index contributed by atoms with van der Waals surface area (Å²) < 4.78 is 116. The monoisotopic (exact) mass is 1760 g/mol. The van der Waals surface area contributed by atoms with Gasteiger partial charge >= 0.3 is 0 Å². The summed E-state index contributed by atoms with van der Waals surface area (Å²) in [6.45, 7) is -5.33. The van der Waals surface area contributed by atoms with Gasteiger partial charge in [0.15, 0.2) is 62.9 Å². The van der Waals surface area contributed by atoms with Crippen LogP contribution in [0.2, 0.25) is 0 Å². The molecule has 10 saturated heterocycles. The average molecular weight is 1760 g/mol. The third-order valence-electron chi connectivity index (χ3n) is 22.1. The van der Waals surface area contributed by atoms with Gasteiger partial charge in [0.05, 0.1) is 65.6 Å². The number of amides is 4. The lowest BCUT2D eigenvalue weighted by Crippen LogP contribution is -2.71. The van der Waals surface area contributed by atoms with Crippen molar-refractivity contribution in [1.82, 2.24) is 21.3 Å². The molecular formula is C67H112N4O49. The van der Waals surface area contributed by atoms with Gasteiger partial charge in [-0.25, -0.2) is 0 Å². The molecule has 10 fully saturated rings. The van der Waals surface area contributed by atoms with Crippen LogP contribution in [-0.4, -0.2) is 517 Å². The van der Waals surface area contributed by atoms with Gasteiger partial charge in [0.25, 0.3) is 0 Å². The van der Waals surface area contributed by atoms with Gasteiger partial charge in [-0.05, 0) is 6.92 Å². The molecule has 1 unspecified atom stereocenters. The Kier molecular flexibility index (Phi) is 35.0. The van der Waals surface area contributed by atoms with Crippen molar-refractivity contribution in [3.8, 4) is 0 Å². The maximum absolute atomic E-state index is 13.5. The molecule has 53 heteroatoms. The van der Waals surface area contributed by atoms with Gasteiger partial charge in [-0.1, -0.05) is 0 Å². The van der Waals surface area contributed by atoms with Crippen LogP contribution in [0.1, 0.15) is 34.6 Å². The Morgan fingerprint density at radius 1 is 0.233 bits per heavy atom. The van der Waals surface area contributed by atoms with Gasteiger partial charge in [0.1, 0.15) is 232 Å². The van der Waals surface area contributed by atoms with E-state index in [1.807, 2.05) is 0 Å². The van der Waals surface area contributed by atoms with Crippen LogP contribution in [0.4, 0.5) is 0 Å². The average Bonchev–Trinajstić information content (AvgIpc) is 0.892. The van der Waals surface area contributed by atoms with E-state index in [0.717, 1.165) is 27.7 Å². The summed E-state index contributed by atoms with van der Waals surface area (Å²) in [5.74, 6) is -3.78. The van der Waals surface area contributed by atoms with E-state index in [0.29, 0.717) is 0 Å². The zero-order valence-corrected chi connectivity index (χ0v) is 64.7. The minimum Gasteiger partial charge on any atom is -0.394 e. The highest BCUT2D eigenvalue weighted by Gasteiger charge is 2.63. The van der Waals surface area contributed by atoms with E-state index in [9.17, 15) is 152 Å². The first kappa shape index (κ1) is 98.3. The molecule has 0 aliphatic carbocycles. The first-order chi connectivity index (χ1) is 56.8. The van der Waals surface area contributed by atoms with Crippen LogP contribution in [0, 0.1) is 0 Å². The van der Waals surface area contributed by atoms with Crippen LogP contribution < -0.4 is 21.3 Å². The molecule has 120 heavy (non-hydrogen) atoms. The number of nitrogens with one attached hydrogen (secondary N) is 4. The van der Waals surface area contributed by atoms with Crippen molar-refractivity contribution in [2.75, 3.05) is 59.5 Å². The molecule has 0 radical (unpaired) electrons. The number of aliphatic hydroxyl groups excluding tert-OH is 26.